The molecule has 0 N–H and O–H groups in total. The van der Waals surface area contributed by atoms with E-state index in [1.165, 1.54) is 0 Å². The maximum absolute atomic E-state index is 10.8. The van der Waals surface area contributed by atoms with E-state index < -0.39 is 21.8 Å². The molecular weight excluding hydrogens is 216 g/mol. The van der Waals surface area contributed by atoms with Crippen LogP contribution in [0.15, 0.2) is 12.7 Å². The molecule has 0 saturated carbocycles. The second-order valence-electron chi connectivity index (χ2n) is 2.54. The van der Waals surface area contributed by atoms with Crippen molar-refractivity contribution < 1.29 is 22.8 Å². The smallest absolute Gasteiger partial charge is 0.434 e. The van der Waals surface area contributed by atoms with Gasteiger partial charge in [-0.05, 0) is 20.8 Å². The predicted octanol–water partition coefficient (Wildman–Crippen LogP) is 0.868. The molecule has 0 heterocycles. The van der Waals surface area contributed by atoms with Crippen molar-refractivity contribution in [2.75, 3.05) is 13.2 Å². The Kier molecular flexibility index (Phi) is 8.20. The van der Waals surface area contributed by atoms with E-state index in [0.717, 1.165) is 6.08 Å². The highest BCUT2D eigenvalue weighted by Crippen LogP contribution is 2.01. The Hall–Kier alpha value is -0.693. The minimum atomic E-state index is -2.17. The molecule has 0 aliphatic carbocycles. The zero-order valence-electron chi connectivity index (χ0n) is 9.39. The zero-order chi connectivity index (χ0) is 11.7. The molecule has 0 amide bonds. The van der Waals surface area contributed by atoms with Gasteiger partial charge in [0.05, 0.1) is 0 Å². The van der Waals surface area contributed by atoms with E-state index in [4.69, 9.17) is 18.0 Å². The van der Waals surface area contributed by atoms with Crippen LogP contribution in [0.4, 0.5) is 0 Å². The fourth-order valence-electron chi connectivity index (χ4n) is 0.795. The lowest BCUT2D eigenvalue weighted by Crippen LogP contribution is -2.33. The molecule has 0 aromatic heterocycles. The van der Waals surface area contributed by atoms with Gasteiger partial charge < -0.3 is 18.0 Å². The van der Waals surface area contributed by atoms with Gasteiger partial charge >= 0.3 is 15.5 Å². The molecule has 0 spiro atoms. The molecule has 5 nitrogen and oxygen atoms in total. The van der Waals surface area contributed by atoms with Gasteiger partial charge in [0.15, 0.2) is 6.29 Å². The molecule has 15 heavy (non-hydrogen) atoms. The Labute approximate surface area is 91.9 Å². The van der Waals surface area contributed by atoms with Gasteiger partial charge in [0.1, 0.15) is 0 Å². The molecule has 0 bridgehead atoms. The van der Waals surface area contributed by atoms with Crippen LogP contribution in [0, 0.1) is 0 Å². The molecule has 0 aromatic rings. The van der Waals surface area contributed by atoms with E-state index in [9.17, 15) is 4.79 Å². The highest BCUT2D eigenvalue weighted by molar-refractivity contribution is 6.36. The summed E-state index contributed by atoms with van der Waals surface area (Å²) in [5.74, 6) is -0.525. The van der Waals surface area contributed by atoms with Gasteiger partial charge in [-0.3, -0.25) is 0 Å². The number of rotatable bonds is 8. The summed E-state index contributed by atoms with van der Waals surface area (Å²) in [6, 6.07) is 0. The number of hydrogen-bond donors (Lipinski definition) is 0. The first kappa shape index (κ1) is 14.3. The van der Waals surface area contributed by atoms with Crippen LogP contribution in [0.25, 0.3) is 0 Å². The summed E-state index contributed by atoms with van der Waals surface area (Å²) in [5, 5.41) is 0. The van der Waals surface area contributed by atoms with Crippen LogP contribution < -0.4 is 0 Å². The SMILES string of the molecule is C=CC(=O)OC(C)O[SiH](OCC)OCC. The summed E-state index contributed by atoms with van der Waals surface area (Å²) >= 11 is 0. The third-order valence-electron chi connectivity index (χ3n) is 1.36. The monoisotopic (exact) mass is 234 g/mol. The van der Waals surface area contributed by atoms with Crippen LogP contribution in [0.5, 0.6) is 0 Å². The van der Waals surface area contributed by atoms with E-state index in [0.29, 0.717) is 13.2 Å². The van der Waals surface area contributed by atoms with Gasteiger partial charge in [-0.1, -0.05) is 6.58 Å². The highest BCUT2D eigenvalue weighted by atomic mass is 28.3. The van der Waals surface area contributed by atoms with E-state index in [2.05, 4.69) is 6.58 Å². The summed E-state index contributed by atoms with van der Waals surface area (Å²) in [6.07, 6.45) is 0.405. The summed E-state index contributed by atoms with van der Waals surface area (Å²) in [7, 11) is -2.17. The molecule has 0 fully saturated rings. The first-order chi connectivity index (χ1) is 7.13. The molecule has 0 aliphatic rings. The predicted molar refractivity (Wildman–Crippen MR) is 57.2 cm³/mol. The van der Waals surface area contributed by atoms with E-state index in [1.807, 2.05) is 13.8 Å². The molecule has 0 rings (SSSR count). The fourth-order valence-corrected chi connectivity index (χ4v) is 1.96. The Bertz CT molecular complexity index is 191. The third kappa shape index (κ3) is 7.26. The van der Waals surface area contributed by atoms with Crippen LogP contribution >= 0.6 is 0 Å². The van der Waals surface area contributed by atoms with Crippen LogP contribution in [0.2, 0.25) is 0 Å². The number of hydrogen-bond acceptors (Lipinski definition) is 5. The Morgan fingerprint density at radius 3 is 2.33 bits per heavy atom. The number of carbonyl (C=O) groups is 1. The second kappa shape index (κ2) is 8.60. The van der Waals surface area contributed by atoms with Crippen LogP contribution in [0.1, 0.15) is 20.8 Å². The van der Waals surface area contributed by atoms with Gasteiger partial charge in [-0.25, -0.2) is 4.79 Å². The summed E-state index contributed by atoms with van der Waals surface area (Å²) in [4.78, 5) is 10.8. The Morgan fingerprint density at radius 1 is 1.40 bits per heavy atom. The number of ether oxygens (including phenoxy) is 1. The quantitative estimate of drug-likeness (QED) is 0.270. The molecule has 0 aliphatic heterocycles. The summed E-state index contributed by atoms with van der Waals surface area (Å²) in [5.41, 5.74) is 0. The Morgan fingerprint density at radius 2 is 1.93 bits per heavy atom. The average Bonchev–Trinajstić information content (AvgIpc) is 2.18. The molecule has 1 unspecified atom stereocenters. The first-order valence-electron chi connectivity index (χ1n) is 4.85. The van der Waals surface area contributed by atoms with Crippen molar-refractivity contribution in [3.05, 3.63) is 12.7 Å². The lowest BCUT2D eigenvalue weighted by Gasteiger charge is -2.19. The van der Waals surface area contributed by atoms with Crippen molar-refractivity contribution in [3.8, 4) is 0 Å². The van der Waals surface area contributed by atoms with Gasteiger partial charge in [0.25, 0.3) is 0 Å². The van der Waals surface area contributed by atoms with Crippen LogP contribution in [0.3, 0.4) is 0 Å². The van der Waals surface area contributed by atoms with Crippen molar-refractivity contribution in [3.63, 3.8) is 0 Å². The maximum atomic E-state index is 10.8. The van der Waals surface area contributed by atoms with Crippen molar-refractivity contribution in [2.24, 2.45) is 0 Å². The maximum Gasteiger partial charge on any atom is 0.486 e. The minimum absolute atomic E-state index is 0.513. The summed E-state index contributed by atoms with van der Waals surface area (Å²) in [6.45, 7) is 9.62. The molecule has 0 aromatic carbocycles. The van der Waals surface area contributed by atoms with Crippen molar-refractivity contribution in [1.29, 1.82) is 0 Å². The van der Waals surface area contributed by atoms with Gasteiger partial charge in [0.2, 0.25) is 0 Å². The van der Waals surface area contributed by atoms with Crippen LogP contribution in [-0.4, -0.2) is 35.0 Å². The number of esters is 1. The zero-order valence-corrected chi connectivity index (χ0v) is 10.5. The third-order valence-corrected chi connectivity index (χ3v) is 3.17. The molecule has 6 heteroatoms. The molecule has 88 valence electrons. The van der Waals surface area contributed by atoms with Gasteiger partial charge in [0, 0.05) is 19.3 Å². The second-order valence-corrected chi connectivity index (χ2v) is 4.06. The topological polar surface area (TPSA) is 54.0 Å². The van der Waals surface area contributed by atoms with E-state index >= 15 is 0 Å². The largest absolute Gasteiger partial charge is 0.486 e. The minimum Gasteiger partial charge on any atom is -0.434 e. The summed E-state index contributed by atoms with van der Waals surface area (Å²) < 4.78 is 20.6. The molecule has 0 saturated heterocycles. The fraction of sp³-hybridized carbons (Fsp3) is 0.667. The molecular formula is C9H18O5Si. The van der Waals surface area contributed by atoms with Crippen molar-refractivity contribution in [2.45, 2.75) is 27.1 Å². The normalized spacial score (nSPS) is 12.5. The Balaban J connectivity index is 3.91. The highest BCUT2D eigenvalue weighted by Gasteiger charge is 2.19. The van der Waals surface area contributed by atoms with E-state index in [-0.39, 0.29) is 0 Å². The van der Waals surface area contributed by atoms with Crippen molar-refractivity contribution >= 4 is 15.5 Å². The van der Waals surface area contributed by atoms with Gasteiger partial charge in [-0.15, -0.1) is 0 Å². The van der Waals surface area contributed by atoms with Gasteiger partial charge in [-0.2, -0.15) is 0 Å². The standard InChI is InChI=1S/C9H18O5Si/c1-5-9(10)13-8(4)14-15(11-6-2)12-7-3/h5,8,15H,1,6-7H2,2-4H3. The van der Waals surface area contributed by atoms with Crippen molar-refractivity contribution in [1.82, 2.24) is 0 Å². The van der Waals surface area contributed by atoms with Crippen LogP contribution in [-0.2, 0) is 22.8 Å². The molecule has 0 radical (unpaired) electrons. The van der Waals surface area contributed by atoms with E-state index in [1.54, 1.807) is 6.92 Å². The lowest BCUT2D eigenvalue weighted by molar-refractivity contribution is -0.159. The first-order valence-corrected chi connectivity index (χ1v) is 6.27. The molecule has 1 atom stereocenters. The number of carbonyl (C=O) groups excluding carboxylic acids is 1. The lowest BCUT2D eigenvalue weighted by atomic mass is 10.6. The average molecular weight is 234 g/mol.